The second-order valence-corrected chi connectivity index (χ2v) is 7.89. The third-order valence-electron chi connectivity index (χ3n) is 4.15. The van der Waals surface area contributed by atoms with Gasteiger partial charge in [-0.15, -0.1) is 11.3 Å². The lowest BCUT2D eigenvalue weighted by Gasteiger charge is -2.23. The lowest BCUT2D eigenvalue weighted by atomic mass is 10.1. The van der Waals surface area contributed by atoms with E-state index in [9.17, 15) is 0 Å². The largest absolute Gasteiger partial charge is 0.357 e. The molecule has 5 nitrogen and oxygen atoms in total. The fourth-order valence-corrected chi connectivity index (χ4v) is 3.43. The van der Waals surface area contributed by atoms with Crippen LogP contribution >= 0.6 is 11.3 Å². The SMILES string of the molecule is CCNC(=NCC(Cc1ccccc1)N(C)C)NCCc1ncc(C)s1. The van der Waals surface area contributed by atoms with Crippen molar-refractivity contribution in [2.24, 2.45) is 4.99 Å². The molecule has 0 aliphatic carbocycles. The van der Waals surface area contributed by atoms with Gasteiger partial charge in [-0.2, -0.15) is 0 Å². The number of aliphatic imine (C=N–C) groups is 1. The van der Waals surface area contributed by atoms with Crippen molar-refractivity contribution in [2.75, 3.05) is 33.7 Å². The summed E-state index contributed by atoms with van der Waals surface area (Å²) in [6.45, 7) is 6.63. The molecule has 6 heteroatoms. The van der Waals surface area contributed by atoms with E-state index in [4.69, 9.17) is 4.99 Å². The minimum atomic E-state index is 0.370. The summed E-state index contributed by atoms with van der Waals surface area (Å²) in [6.07, 6.45) is 3.85. The normalized spacial score (nSPS) is 13.0. The smallest absolute Gasteiger partial charge is 0.191 e. The van der Waals surface area contributed by atoms with Crippen LogP contribution in [0.1, 0.15) is 22.4 Å². The number of hydrogen-bond acceptors (Lipinski definition) is 4. The maximum absolute atomic E-state index is 4.80. The molecule has 1 atom stereocenters. The molecule has 0 amide bonds. The average Bonchev–Trinajstić information content (AvgIpc) is 3.04. The van der Waals surface area contributed by atoms with Crippen molar-refractivity contribution in [2.45, 2.75) is 32.7 Å². The molecule has 0 saturated carbocycles. The van der Waals surface area contributed by atoms with Gasteiger partial charge in [-0.3, -0.25) is 4.99 Å². The molecule has 2 aromatic rings. The molecule has 0 spiro atoms. The Hall–Kier alpha value is -1.92. The molecule has 0 bridgehead atoms. The Morgan fingerprint density at radius 2 is 2.00 bits per heavy atom. The summed E-state index contributed by atoms with van der Waals surface area (Å²) in [5.74, 6) is 0.876. The summed E-state index contributed by atoms with van der Waals surface area (Å²) in [5.41, 5.74) is 1.35. The predicted molar refractivity (Wildman–Crippen MR) is 112 cm³/mol. The average molecular weight is 374 g/mol. The molecule has 1 unspecified atom stereocenters. The van der Waals surface area contributed by atoms with Crippen molar-refractivity contribution in [3.05, 3.63) is 52.0 Å². The Morgan fingerprint density at radius 1 is 1.23 bits per heavy atom. The summed E-state index contributed by atoms with van der Waals surface area (Å²) >= 11 is 1.76. The quantitative estimate of drug-likeness (QED) is 0.524. The maximum Gasteiger partial charge on any atom is 0.191 e. The third kappa shape index (κ3) is 7.14. The third-order valence-corrected chi connectivity index (χ3v) is 5.12. The van der Waals surface area contributed by atoms with Crippen LogP contribution in [0.3, 0.4) is 0 Å². The first-order valence-electron chi connectivity index (χ1n) is 9.22. The zero-order valence-corrected chi connectivity index (χ0v) is 17.1. The molecule has 2 N–H and O–H groups in total. The van der Waals surface area contributed by atoms with Gasteiger partial charge in [-0.1, -0.05) is 30.3 Å². The van der Waals surface area contributed by atoms with Gasteiger partial charge >= 0.3 is 0 Å². The van der Waals surface area contributed by atoms with E-state index in [1.165, 1.54) is 15.4 Å². The van der Waals surface area contributed by atoms with E-state index in [0.717, 1.165) is 38.4 Å². The van der Waals surface area contributed by atoms with Crippen molar-refractivity contribution < 1.29 is 0 Å². The fraction of sp³-hybridized carbons (Fsp3) is 0.500. The second-order valence-electron chi connectivity index (χ2n) is 6.57. The van der Waals surface area contributed by atoms with Crippen LogP contribution in [0.4, 0.5) is 0 Å². The van der Waals surface area contributed by atoms with E-state index < -0.39 is 0 Å². The van der Waals surface area contributed by atoms with Crippen LogP contribution in [-0.4, -0.2) is 55.6 Å². The summed E-state index contributed by atoms with van der Waals surface area (Å²) in [7, 11) is 4.24. The van der Waals surface area contributed by atoms with E-state index in [0.29, 0.717) is 6.04 Å². The molecule has 26 heavy (non-hydrogen) atoms. The number of nitrogens with one attached hydrogen (secondary N) is 2. The Morgan fingerprint density at radius 3 is 2.62 bits per heavy atom. The highest BCUT2D eigenvalue weighted by Gasteiger charge is 2.12. The molecule has 0 aliphatic heterocycles. The van der Waals surface area contributed by atoms with E-state index in [1.54, 1.807) is 11.3 Å². The van der Waals surface area contributed by atoms with Gasteiger partial charge in [0.1, 0.15) is 0 Å². The number of aromatic nitrogens is 1. The number of benzene rings is 1. The van der Waals surface area contributed by atoms with Gasteiger partial charge in [-0.05, 0) is 39.9 Å². The first-order valence-corrected chi connectivity index (χ1v) is 10.0. The van der Waals surface area contributed by atoms with Gasteiger partial charge in [0, 0.05) is 36.6 Å². The van der Waals surface area contributed by atoms with Crippen LogP contribution in [0.2, 0.25) is 0 Å². The van der Waals surface area contributed by atoms with Gasteiger partial charge in [0.05, 0.1) is 11.6 Å². The van der Waals surface area contributed by atoms with Crippen LogP contribution < -0.4 is 10.6 Å². The van der Waals surface area contributed by atoms with Crippen LogP contribution in [0, 0.1) is 6.92 Å². The Bertz CT molecular complexity index is 666. The van der Waals surface area contributed by atoms with Crippen molar-refractivity contribution >= 4 is 17.3 Å². The molecule has 1 aromatic heterocycles. The molecular weight excluding hydrogens is 342 g/mol. The second kappa shape index (κ2) is 10.9. The minimum Gasteiger partial charge on any atom is -0.357 e. The van der Waals surface area contributed by atoms with Crippen molar-refractivity contribution in [1.29, 1.82) is 0 Å². The number of likely N-dealkylation sites (N-methyl/N-ethyl adjacent to an activating group) is 1. The highest BCUT2D eigenvalue weighted by atomic mass is 32.1. The molecule has 0 aliphatic rings. The summed E-state index contributed by atoms with van der Waals surface area (Å²) < 4.78 is 0. The monoisotopic (exact) mass is 373 g/mol. The highest BCUT2D eigenvalue weighted by Crippen LogP contribution is 2.11. The number of nitrogens with zero attached hydrogens (tertiary/aromatic N) is 3. The van der Waals surface area contributed by atoms with Crippen molar-refractivity contribution in [3.8, 4) is 0 Å². The summed E-state index contributed by atoms with van der Waals surface area (Å²) in [6, 6.07) is 11.0. The standard InChI is InChI=1S/C20H31N5S/c1-5-21-20(22-12-11-19-23-14-16(2)26-19)24-15-18(25(3)4)13-17-9-7-6-8-10-17/h6-10,14,18H,5,11-13,15H2,1-4H3,(H2,21,22,24). The lowest BCUT2D eigenvalue weighted by Crippen LogP contribution is -2.40. The number of aryl methyl sites for hydroxylation is 1. The number of hydrogen-bond donors (Lipinski definition) is 2. The molecule has 0 radical (unpaired) electrons. The van der Waals surface area contributed by atoms with Gasteiger partial charge in [-0.25, -0.2) is 4.98 Å². The van der Waals surface area contributed by atoms with Crippen molar-refractivity contribution in [1.82, 2.24) is 20.5 Å². The molecular formula is C20H31N5S. The molecule has 1 aromatic carbocycles. The van der Waals surface area contributed by atoms with Crippen molar-refractivity contribution in [3.63, 3.8) is 0 Å². The minimum absolute atomic E-state index is 0.370. The predicted octanol–water partition coefficient (Wildman–Crippen LogP) is 2.72. The zero-order chi connectivity index (χ0) is 18.8. The van der Waals surface area contributed by atoms with Gasteiger partial charge in [0.15, 0.2) is 5.96 Å². The number of guanidine groups is 1. The first kappa shape index (κ1) is 20.4. The molecule has 0 fully saturated rings. The maximum atomic E-state index is 4.80. The van der Waals surface area contributed by atoms with E-state index in [1.807, 2.05) is 6.20 Å². The molecule has 142 valence electrons. The first-order chi connectivity index (χ1) is 12.6. The number of thiazole rings is 1. The van der Waals surface area contributed by atoms with E-state index in [2.05, 4.69) is 78.8 Å². The van der Waals surface area contributed by atoms with Crippen LogP contribution in [0.5, 0.6) is 0 Å². The lowest BCUT2D eigenvalue weighted by molar-refractivity contribution is 0.298. The molecule has 2 rings (SSSR count). The van der Waals surface area contributed by atoms with Crippen LogP contribution in [-0.2, 0) is 12.8 Å². The molecule has 1 heterocycles. The Kier molecular flexibility index (Phi) is 8.58. The Balaban J connectivity index is 1.89. The van der Waals surface area contributed by atoms with Gasteiger partial charge in [0.2, 0.25) is 0 Å². The Labute approximate surface area is 161 Å². The zero-order valence-electron chi connectivity index (χ0n) is 16.3. The van der Waals surface area contributed by atoms with E-state index >= 15 is 0 Å². The van der Waals surface area contributed by atoms with Crippen LogP contribution in [0.25, 0.3) is 0 Å². The fourth-order valence-electron chi connectivity index (χ4n) is 2.64. The van der Waals surface area contributed by atoms with Gasteiger partial charge < -0.3 is 15.5 Å². The highest BCUT2D eigenvalue weighted by molar-refractivity contribution is 7.11. The number of rotatable bonds is 9. The van der Waals surface area contributed by atoms with Gasteiger partial charge in [0.25, 0.3) is 0 Å². The molecule has 0 saturated heterocycles. The summed E-state index contributed by atoms with van der Waals surface area (Å²) in [4.78, 5) is 12.7. The van der Waals surface area contributed by atoms with E-state index in [-0.39, 0.29) is 0 Å². The summed E-state index contributed by atoms with van der Waals surface area (Å²) in [5, 5.41) is 7.93. The topological polar surface area (TPSA) is 52.6 Å². The van der Waals surface area contributed by atoms with Crippen LogP contribution in [0.15, 0.2) is 41.5 Å².